The van der Waals surface area contributed by atoms with Crippen molar-refractivity contribution in [3.05, 3.63) is 40.7 Å². The molecule has 0 radical (unpaired) electrons. The van der Waals surface area contributed by atoms with E-state index in [9.17, 15) is 13.2 Å². The Labute approximate surface area is 239 Å². The lowest BCUT2D eigenvalue weighted by molar-refractivity contribution is -0.119. The Morgan fingerprint density at radius 3 is 2.50 bits per heavy atom. The number of anilines is 4. The van der Waals surface area contributed by atoms with Gasteiger partial charge in [-0.25, -0.2) is 13.4 Å². The highest BCUT2D eigenvalue weighted by Gasteiger charge is 2.29. The molecule has 3 aromatic rings. The van der Waals surface area contributed by atoms with Crippen molar-refractivity contribution in [2.75, 3.05) is 23.7 Å². The van der Waals surface area contributed by atoms with Crippen LogP contribution in [0.1, 0.15) is 56.6 Å². The van der Waals surface area contributed by atoms with Crippen LogP contribution in [0.25, 0.3) is 0 Å². The van der Waals surface area contributed by atoms with Gasteiger partial charge < -0.3 is 20.3 Å². The summed E-state index contributed by atoms with van der Waals surface area (Å²) in [6.07, 6.45) is 7.98. The van der Waals surface area contributed by atoms with Crippen LogP contribution in [0.2, 0.25) is 5.02 Å². The highest BCUT2D eigenvalue weighted by atomic mass is 35.5. The summed E-state index contributed by atoms with van der Waals surface area (Å²) in [4.78, 5) is 21.9. The first-order valence-corrected chi connectivity index (χ1v) is 15.3. The van der Waals surface area contributed by atoms with Crippen LogP contribution in [0, 0.1) is 6.92 Å². The molecule has 13 heteroatoms. The molecule has 0 atom stereocenters. The van der Waals surface area contributed by atoms with Crippen LogP contribution in [0.15, 0.2) is 29.6 Å². The molecule has 2 aliphatic rings. The van der Waals surface area contributed by atoms with Crippen LogP contribution >= 0.6 is 11.6 Å². The Morgan fingerprint density at radius 1 is 1.12 bits per heavy atom. The van der Waals surface area contributed by atoms with Crippen molar-refractivity contribution in [1.29, 1.82) is 0 Å². The number of amides is 1. The van der Waals surface area contributed by atoms with E-state index in [0.717, 1.165) is 62.2 Å². The maximum absolute atomic E-state index is 12.9. The SMILES string of the molecule is Cc1cc(Nc2ncc(Cl)c(Nc3cn(C)nc3S(=O)(=O)C(C)C)n2)c(OC2CC2)cc1C1CCN(C=O)CC1. The monoisotopic (exact) mass is 587 g/mol. The molecule has 40 heavy (non-hydrogen) atoms. The van der Waals surface area contributed by atoms with Gasteiger partial charge >= 0.3 is 0 Å². The number of piperidine rings is 1. The first-order chi connectivity index (χ1) is 19.0. The average Bonchev–Trinajstić information content (AvgIpc) is 3.66. The molecule has 3 heterocycles. The van der Waals surface area contributed by atoms with Crippen LogP contribution in [-0.4, -0.2) is 63.9 Å². The van der Waals surface area contributed by atoms with Crippen LogP contribution in [0.5, 0.6) is 5.75 Å². The molecule has 1 amide bonds. The van der Waals surface area contributed by atoms with E-state index in [4.69, 9.17) is 16.3 Å². The number of rotatable bonds is 10. The van der Waals surface area contributed by atoms with Crippen molar-refractivity contribution in [3.63, 3.8) is 0 Å². The molecule has 214 valence electrons. The molecule has 1 aliphatic heterocycles. The van der Waals surface area contributed by atoms with Gasteiger partial charge in [0.1, 0.15) is 10.8 Å². The number of carbonyl (C=O) groups excluding carboxylic acids is 1. The van der Waals surface area contributed by atoms with E-state index >= 15 is 0 Å². The molecular formula is C27H34ClN7O4S. The zero-order valence-corrected chi connectivity index (χ0v) is 24.6. The molecule has 5 rings (SSSR count). The minimum atomic E-state index is -3.65. The van der Waals surface area contributed by atoms with Crippen molar-refractivity contribution < 1.29 is 17.9 Å². The molecule has 2 aromatic heterocycles. The number of sulfone groups is 1. The van der Waals surface area contributed by atoms with Gasteiger partial charge in [0.25, 0.3) is 0 Å². The number of likely N-dealkylation sites (tertiary alicyclic amines) is 1. The van der Waals surface area contributed by atoms with Crippen molar-refractivity contribution in [2.24, 2.45) is 7.05 Å². The normalized spacial score (nSPS) is 16.3. The summed E-state index contributed by atoms with van der Waals surface area (Å²) in [6.45, 7) is 6.78. The summed E-state index contributed by atoms with van der Waals surface area (Å²) in [7, 11) is -1.99. The second-order valence-electron chi connectivity index (χ2n) is 10.7. The fourth-order valence-electron chi connectivity index (χ4n) is 4.77. The zero-order valence-electron chi connectivity index (χ0n) is 23.0. The Hall–Kier alpha value is -3.38. The predicted molar refractivity (Wildman–Crippen MR) is 154 cm³/mol. The maximum atomic E-state index is 12.9. The van der Waals surface area contributed by atoms with E-state index < -0.39 is 15.1 Å². The van der Waals surface area contributed by atoms with Crippen LogP contribution in [0.3, 0.4) is 0 Å². The fraction of sp³-hybridized carbons (Fsp3) is 0.481. The van der Waals surface area contributed by atoms with E-state index in [1.165, 1.54) is 16.4 Å². The van der Waals surface area contributed by atoms with Crippen LogP contribution in [-0.2, 0) is 21.7 Å². The van der Waals surface area contributed by atoms with Gasteiger partial charge in [0.2, 0.25) is 27.2 Å². The molecule has 0 spiro atoms. The van der Waals surface area contributed by atoms with E-state index in [1.807, 2.05) is 11.0 Å². The number of hydrogen-bond donors (Lipinski definition) is 2. The van der Waals surface area contributed by atoms with Gasteiger partial charge in [-0.3, -0.25) is 9.48 Å². The third kappa shape index (κ3) is 6.02. The first kappa shape index (κ1) is 28.2. The molecule has 0 bridgehead atoms. The van der Waals surface area contributed by atoms with Crippen LogP contribution < -0.4 is 15.4 Å². The number of nitrogens with zero attached hydrogens (tertiary/aromatic N) is 5. The number of nitrogens with one attached hydrogen (secondary N) is 2. The summed E-state index contributed by atoms with van der Waals surface area (Å²) in [5, 5.41) is 9.98. The quantitative estimate of drug-likeness (QED) is 0.323. The number of aryl methyl sites for hydroxylation is 2. The Kier molecular flexibility index (Phi) is 7.92. The number of carbonyl (C=O) groups is 1. The number of ether oxygens (including phenoxy) is 1. The second-order valence-corrected chi connectivity index (χ2v) is 13.5. The van der Waals surface area contributed by atoms with Crippen molar-refractivity contribution in [1.82, 2.24) is 24.6 Å². The summed E-state index contributed by atoms with van der Waals surface area (Å²) >= 11 is 6.40. The topological polar surface area (TPSA) is 131 Å². The molecule has 1 saturated carbocycles. The van der Waals surface area contributed by atoms with E-state index in [-0.39, 0.29) is 33.6 Å². The summed E-state index contributed by atoms with van der Waals surface area (Å²) in [5.41, 5.74) is 3.35. The fourth-order valence-corrected chi connectivity index (χ4v) is 6.01. The van der Waals surface area contributed by atoms with Gasteiger partial charge in [0.05, 0.1) is 28.9 Å². The number of aromatic nitrogens is 4. The summed E-state index contributed by atoms with van der Waals surface area (Å²) in [6, 6.07) is 4.14. The standard InChI is InChI=1S/C27H34ClN7O4S/c1-16(2)40(37,38)26-23(14-34(4)33-26)30-25-21(28)13-29-27(32-25)31-22-11-17(3)20(12-24(22)39-19-5-6-19)18-7-9-35(15-36)10-8-18/h11-16,18-19H,5-10H2,1-4H3,(H2,29,30,31,32). The Balaban J connectivity index is 1.42. The lowest BCUT2D eigenvalue weighted by Crippen LogP contribution is -2.31. The maximum Gasteiger partial charge on any atom is 0.229 e. The molecule has 2 N–H and O–H groups in total. The van der Waals surface area contributed by atoms with Gasteiger partial charge in [0, 0.05) is 26.3 Å². The highest BCUT2D eigenvalue weighted by molar-refractivity contribution is 7.92. The average molecular weight is 588 g/mol. The predicted octanol–water partition coefficient (Wildman–Crippen LogP) is 4.72. The van der Waals surface area contributed by atoms with E-state index in [1.54, 1.807) is 27.1 Å². The molecule has 1 saturated heterocycles. The largest absolute Gasteiger partial charge is 0.488 e. The van der Waals surface area contributed by atoms with Crippen molar-refractivity contribution in [3.8, 4) is 5.75 Å². The van der Waals surface area contributed by atoms with Crippen molar-refractivity contribution in [2.45, 2.75) is 68.8 Å². The Morgan fingerprint density at radius 2 is 1.85 bits per heavy atom. The van der Waals surface area contributed by atoms with Gasteiger partial charge in [0.15, 0.2) is 5.82 Å². The number of benzene rings is 1. The van der Waals surface area contributed by atoms with Gasteiger partial charge in [-0.05, 0) is 75.6 Å². The van der Waals surface area contributed by atoms with Gasteiger partial charge in [-0.15, -0.1) is 0 Å². The molecule has 0 unspecified atom stereocenters. The molecule has 11 nitrogen and oxygen atoms in total. The first-order valence-electron chi connectivity index (χ1n) is 13.4. The van der Waals surface area contributed by atoms with Gasteiger partial charge in [-0.2, -0.15) is 10.1 Å². The molecule has 2 fully saturated rings. The molecule has 1 aromatic carbocycles. The zero-order chi connectivity index (χ0) is 28.6. The van der Waals surface area contributed by atoms with E-state index in [2.05, 4.69) is 38.7 Å². The smallest absolute Gasteiger partial charge is 0.229 e. The lowest BCUT2D eigenvalue weighted by Gasteiger charge is -2.30. The van der Waals surface area contributed by atoms with Gasteiger partial charge in [-0.1, -0.05) is 11.6 Å². The summed E-state index contributed by atoms with van der Waals surface area (Å²) in [5.74, 6) is 1.60. The number of halogens is 1. The summed E-state index contributed by atoms with van der Waals surface area (Å²) < 4.78 is 33.4. The van der Waals surface area contributed by atoms with Crippen molar-refractivity contribution >= 4 is 51.0 Å². The lowest BCUT2D eigenvalue weighted by atomic mass is 9.86. The third-order valence-electron chi connectivity index (χ3n) is 7.23. The highest BCUT2D eigenvalue weighted by Crippen LogP contribution is 2.40. The Bertz CT molecular complexity index is 1510. The second kappa shape index (κ2) is 11.2. The molecular weight excluding hydrogens is 554 g/mol. The number of hydrogen-bond acceptors (Lipinski definition) is 9. The van der Waals surface area contributed by atoms with E-state index in [0.29, 0.717) is 5.92 Å². The minimum absolute atomic E-state index is 0.0699. The van der Waals surface area contributed by atoms with Crippen LogP contribution in [0.4, 0.5) is 23.1 Å². The minimum Gasteiger partial charge on any atom is -0.488 e. The molecule has 1 aliphatic carbocycles. The third-order valence-corrected chi connectivity index (χ3v) is 9.59.